The van der Waals surface area contributed by atoms with Gasteiger partial charge in [0.05, 0.1) is 7.11 Å². The molecular formula is C14H20O4. The molecule has 0 unspecified atom stereocenters. The third-order valence-electron chi connectivity index (χ3n) is 2.19. The van der Waals surface area contributed by atoms with Gasteiger partial charge in [-0.05, 0) is 19.8 Å². The van der Waals surface area contributed by atoms with Crippen molar-refractivity contribution in [2.45, 2.75) is 32.6 Å². The number of aryl methyl sites for hydroxylation is 1. The third-order valence-corrected chi connectivity index (χ3v) is 2.19. The van der Waals surface area contributed by atoms with Gasteiger partial charge < -0.3 is 9.84 Å². The first kappa shape index (κ1) is 16.2. The number of carboxylic acids is 1. The van der Waals surface area contributed by atoms with Crippen LogP contribution >= 0.6 is 0 Å². The fourth-order valence-electron chi connectivity index (χ4n) is 1.18. The Morgan fingerprint density at radius 1 is 1.11 bits per heavy atom. The summed E-state index contributed by atoms with van der Waals surface area (Å²) in [4.78, 5) is 20.5. The van der Waals surface area contributed by atoms with E-state index in [-0.39, 0.29) is 12.4 Å². The molecule has 1 rings (SSSR count). The number of methoxy groups -OCH3 is 1. The molecule has 0 bridgehead atoms. The number of ether oxygens (including phenoxy) is 1. The maximum atomic E-state index is 10.5. The fourth-order valence-corrected chi connectivity index (χ4v) is 1.18. The maximum absolute atomic E-state index is 10.5. The smallest absolute Gasteiger partial charge is 0.305 e. The summed E-state index contributed by atoms with van der Waals surface area (Å²) in [7, 11) is 1.32. The van der Waals surface area contributed by atoms with E-state index in [1.165, 1.54) is 12.7 Å². The second-order valence-corrected chi connectivity index (χ2v) is 3.83. The number of hydrogen-bond donors (Lipinski definition) is 1. The minimum Gasteiger partial charge on any atom is -0.481 e. The normalized spacial score (nSPS) is 9.00. The van der Waals surface area contributed by atoms with E-state index < -0.39 is 5.97 Å². The molecule has 0 heterocycles. The van der Waals surface area contributed by atoms with Crippen LogP contribution in [0.4, 0.5) is 0 Å². The van der Waals surface area contributed by atoms with Crippen LogP contribution in [0.25, 0.3) is 0 Å². The molecule has 0 amide bonds. The van der Waals surface area contributed by atoms with Gasteiger partial charge in [0.15, 0.2) is 0 Å². The number of carbonyl (C=O) groups excluding carboxylic acids is 1. The predicted octanol–water partition coefficient (Wildman–Crippen LogP) is 2.80. The van der Waals surface area contributed by atoms with Gasteiger partial charge in [-0.3, -0.25) is 9.59 Å². The lowest BCUT2D eigenvalue weighted by molar-refractivity contribution is -0.141. The Hall–Kier alpha value is -1.84. The van der Waals surface area contributed by atoms with Crippen LogP contribution in [0, 0.1) is 6.92 Å². The number of carbonyl (C=O) groups is 2. The molecule has 0 atom stereocenters. The van der Waals surface area contributed by atoms with Crippen LogP contribution in [-0.4, -0.2) is 24.2 Å². The van der Waals surface area contributed by atoms with Gasteiger partial charge >= 0.3 is 11.9 Å². The number of carboxylic acid groups (broad SMARTS) is 1. The number of rotatable bonds is 5. The highest BCUT2D eigenvalue weighted by molar-refractivity contribution is 5.69. The number of aliphatic carboxylic acids is 1. The highest BCUT2D eigenvalue weighted by Gasteiger charge is 2.01. The summed E-state index contributed by atoms with van der Waals surface area (Å²) < 4.78 is 4.37. The minimum absolute atomic E-state index is 0.122. The van der Waals surface area contributed by atoms with E-state index in [9.17, 15) is 9.59 Å². The van der Waals surface area contributed by atoms with Crippen molar-refractivity contribution in [3.63, 3.8) is 0 Å². The van der Waals surface area contributed by atoms with Gasteiger partial charge in [0, 0.05) is 12.8 Å². The molecule has 18 heavy (non-hydrogen) atoms. The van der Waals surface area contributed by atoms with Crippen LogP contribution in [-0.2, 0) is 14.3 Å². The quantitative estimate of drug-likeness (QED) is 0.646. The van der Waals surface area contributed by atoms with Gasteiger partial charge in [-0.1, -0.05) is 35.9 Å². The molecule has 0 aliphatic carbocycles. The Morgan fingerprint density at radius 2 is 1.67 bits per heavy atom. The van der Waals surface area contributed by atoms with Gasteiger partial charge in [0.25, 0.3) is 0 Å². The SMILES string of the molecule is COC(=O)CCCCC(=O)O.Cc1ccccc1. The second kappa shape index (κ2) is 10.3. The molecule has 0 aromatic heterocycles. The van der Waals surface area contributed by atoms with Gasteiger partial charge in [0.2, 0.25) is 0 Å². The van der Waals surface area contributed by atoms with E-state index >= 15 is 0 Å². The summed E-state index contributed by atoms with van der Waals surface area (Å²) in [6.45, 7) is 2.08. The zero-order valence-electron chi connectivity index (χ0n) is 10.9. The van der Waals surface area contributed by atoms with Crippen molar-refractivity contribution in [2.24, 2.45) is 0 Å². The molecule has 1 aromatic carbocycles. The molecule has 1 aromatic rings. The van der Waals surface area contributed by atoms with Crippen molar-refractivity contribution in [3.8, 4) is 0 Å². The highest BCUT2D eigenvalue weighted by Crippen LogP contribution is 2.00. The van der Waals surface area contributed by atoms with Crippen molar-refractivity contribution in [3.05, 3.63) is 35.9 Å². The Bertz CT molecular complexity index is 346. The van der Waals surface area contributed by atoms with E-state index in [1.807, 2.05) is 18.2 Å². The maximum Gasteiger partial charge on any atom is 0.305 e. The van der Waals surface area contributed by atoms with Crippen LogP contribution < -0.4 is 0 Å². The molecule has 0 aliphatic rings. The standard InChI is InChI=1S/C7H12O4.C7H8/c1-11-7(10)5-3-2-4-6(8)9;1-7-5-3-2-4-6-7/h2-5H2,1H3,(H,8,9);2-6H,1H3. The van der Waals surface area contributed by atoms with E-state index in [2.05, 4.69) is 23.8 Å². The summed E-state index contributed by atoms with van der Waals surface area (Å²) in [5.74, 6) is -1.11. The first-order chi connectivity index (χ1) is 8.56. The van der Waals surface area contributed by atoms with Crippen molar-refractivity contribution in [2.75, 3.05) is 7.11 Å². The number of benzene rings is 1. The van der Waals surface area contributed by atoms with Crippen LogP contribution in [0.15, 0.2) is 30.3 Å². The molecular weight excluding hydrogens is 232 g/mol. The molecule has 0 fully saturated rings. The van der Waals surface area contributed by atoms with E-state index in [1.54, 1.807) is 0 Å². The lowest BCUT2D eigenvalue weighted by Crippen LogP contribution is -2.00. The second-order valence-electron chi connectivity index (χ2n) is 3.83. The van der Waals surface area contributed by atoms with Gasteiger partial charge in [-0.25, -0.2) is 0 Å². The first-order valence-electron chi connectivity index (χ1n) is 5.86. The van der Waals surface area contributed by atoms with E-state index in [0.717, 1.165) is 0 Å². The number of hydrogen-bond acceptors (Lipinski definition) is 3. The lowest BCUT2D eigenvalue weighted by Gasteiger charge is -1.96. The Morgan fingerprint density at radius 3 is 2.06 bits per heavy atom. The average Bonchev–Trinajstić information content (AvgIpc) is 2.36. The average molecular weight is 252 g/mol. The zero-order chi connectivity index (χ0) is 13.8. The van der Waals surface area contributed by atoms with Crippen LogP contribution in [0.5, 0.6) is 0 Å². The first-order valence-corrected chi connectivity index (χ1v) is 5.86. The molecule has 0 radical (unpaired) electrons. The Balaban J connectivity index is 0.000000351. The summed E-state index contributed by atoms with van der Waals surface area (Å²) in [6.07, 6.45) is 1.55. The molecule has 0 saturated carbocycles. The van der Waals surface area contributed by atoms with Crippen molar-refractivity contribution in [1.82, 2.24) is 0 Å². The lowest BCUT2D eigenvalue weighted by atomic mass is 10.2. The molecule has 100 valence electrons. The van der Waals surface area contributed by atoms with Crippen molar-refractivity contribution < 1.29 is 19.4 Å². The monoisotopic (exact) mass is 252 g/mol. The Kier molecular flexibility index (Phi) is 9.27. The molecule has 0 aliphatic heterocycles. The molecule has 4 heteroatoms. The van der Waals surface area contributed by atoms with E-state index in [4.69, 9.17) is 5.11 Å². The van der Waals surface area contributed by atoms with Crippen LogP contribution in [0.2, 0.25) is 0 Å². The predicted molar refractivity (Wildman–Crippen MR) is 69.3 cm³/mol. The number of unbranched alkanes of at least 4 members (excludes halogenated alkanes) is 1. The van der Waals surface area contributed by atoms with Crippen molar-refractivity contribution in [1.29, 1.82) is 0 Å². The summed E-state index contributed by atoms with van der Waals surface area (Å²) >= 11 is 0. The van der Waals surface area contributed by atoms with E-state index in [0.29, 0.717) is 19.3 Å². The topological polar surface area (TPSA) is 63.6 Å². The fraction of sp³-hybridized carbons (Fsp3) is 0.429. The molecule has 1 N–H and O–H groups in total. The van der Waals surface area contributed by atoms with Crippen LogP contribution in [0.3, 0.4) is 0 Å². The highest BCUT2D eigenvalue weighted by atomic mass is 16.5. The summed E-state index contributed by atoms with van der Waals surface area (Å²) in [5, 5.41) is 8.22. The molecule has 0 spiro atoms. The Labute approximate surface area is 108 Å². The van der Waals surface area contributed by atoms with Gasteiger partial charge in [-0.15, -0.1) is 0 Å². The zero-order valence-corrected chi connectivity index (χ0v) is 10.9. The summed E-state index contributed by atoms with van der Waals surface area (Å²) in [5.41, 5.74) is 1.32. The van der Waals surface area contributed by atoms with Crippen LogP contribution in [0.1, 0.15) is 31.2 Å². The van der Waals surface area contributed by atoms with Crippen molar-refractivity contribution >= 4 is 11.9 Å². The third kappa shape index (κ3) is 10.7. The van der Waals surface area contributed by atoms with Gasteiger partial charge in [-0.2, -0.15) is 0 Å². The number of esters is 1. The molecule has 0 saturated heterocycles. The minimum atomic E-state index is -0.824. The molecule has 4 nitrogen and oxygen atoms in total. The summed E-state index contributed by atoms with van der Waals surface area (Å²) in [6, 6.07) is 10.3. The van der Waals surface area contributed by atoms with Gasteiger partial charge in [0.1, 0.15) is 0 Å². The largest absolute Gasteiger partial charge is 0.481 e.